The number of benzene rings is 2. The van der Waals surface area contributed by atoms with Crippen molar-refractivity contribution in [2.75, 3.05) is 27.3 Å². The minimum absolute atomic E-state index is 0.123. The normalized spacial score (nSPS) is 15.6. The summed E-state index contributed by atoms with van der Waals surface area (Å²) in [7, 11) is 3.09. The first-order valence-corrected chi connectivity index (χ1v) is 11.5. The van der Waals surface area contributed by atoms with Gasteiger partial charge in [-0.1, -0.05) is 24.3 Å². The number of hydrogen-bond donors (Lipinski definition) is 0. The van der Waals surface area contributed by atoms with Crippen molar-refractivity contribution in [2.24, 2.45) is 0 Å². The molecule has 35 heavy (non-hydrogen) atoms. The molecule has 0 N–H and O–H groups in total. The van der Waals surface area contributed by atoms with Crippen molar-refractivity contribution < 1.29 is 28.6 Å². The molecule has 0 unspecified atom stereocenters. The Morgan fingerprint density at radius 1 is 0.971 bits per heavy atom. The third-order valence-corrected chi connectivity index (χ3v) is 5.99. The smallest absolute Gasteiger partial charge is 0.410 e. The van der Waals surface area contributed by atoms with Crippen LogP contribution < -0.4 is 9.47 Å². The molecule has 8 heteroatoms. The molecule has 2 aromatic carbocycles. The third kappa shape index (κ3) is 4.87. The molecule has 0 radical (unpaired) electrons. The first kappa shape index (κ1) is 24.3. The summed E-state index contributed by atoms with van der Waals surface area (Å²) in [5, 5.41) is 0. The van der Waals surface area contributed by atoms with E-state index in [0.717, 1.165) is 16.7 Å². The van der Waals surface area contributed by atoms with E-state index in [0.29, 0.717) is 42.1 Å². The predicted octanol–water partition coefficient (Wildman–Crippen LogP) is 4.52. The summed E-state index contributed by atoms with van der Waals surface area (Å²) < 4.78 is 16.1. The molecule has 0 fully saturated rings. The summed E-state index contributed by atoms with van der Waals surface area (Å²) >= 11 is 0. The van der Waals surface area contributed by atoms with Crippen molar-refractivity contribution >= 4 is 23.5 Å². The Bertz CT molecular complexity index is 1210. The Morgan fingerprint density at radius 2 is 1.69 bits per heavy atom. The molecule has 0 aromatic heterocycles. The highest BCUT2D eigenvalue weighted by atomic mass is 16.6. The average Bonchev–Trinajstić information content (AvgIpc) is 3.08. The molecular formula is C27H30N2O6. The minimum Gasteiger partial charge on any atom is -0.493 e. The summed E-state index contributed by atoms with van der Waals surface area (Å²) in [4.78, 5) is 41.9. The number of fused-ring (bicyclic) bond motifs is 1. The van der Waals surface area contributed by atoms with Gasteiger partial charge in [0, 0.05) is 13.1 Å². The fourth-order valence-corrected chi connectivity index (χ4v) is 4.31. The van der Waals surface area contributed by atoms with Crippen LogP contribution in [-0.2, 0) is 11.3 Å². The minimum atomic E-state index is -0.564. The first-order valence-electron chi connectivity index (χ1n) is 11.5. The van der Waals surface area contributed by atoms with E-state index < -0.39 is 5.60 Å². The molecule has 2 aliphatic rings. The molecule has 0 saturated heterocycles. The van der Waals surface area contributed by atoms with E-state index in [9.17, 15) is 14.4 Å². The zero-order valence-electron chi connectivity index (χ0n) is 20.7. The number of hydrogen-bond acceptors (Lipinski definition) is 6. The van der Waals surface area contributed by atoms with E-state index in [1.165, 1.54) is 12.0 Å². The number of ether oxygens (including phenoxy) is 3. The van der Waals surface area contributed by atoms with Crippen molar-refractivity contribution in [2.45, 2.75) is 39.3 Å². The van der Waals surface area contributed by atoms with Crippen LogP contribution in [0.3, 0.4) is 0 Å². The highest BCUT2D eigenvalue weighted by molar-refractivity contribution is 6.23. The molecule has 2 aromatic rings. The average molecular weight is 479 g/mol. The van der Waals surface area contributed by atoms with Gasteiger partial charge < -0.3 is 19.1 Å². The number of imide groups is 1. The van der Waals surface area contributed by atoms with Crippen LogP contribution in [0.2, 0.25) is 0 Å². The molecule has 0 saturated carbocycles. The molecule has 0 bridgehead atoms. The Morgan fingerprint density at radius 3 is 2.31 bits per heavy atom. The molecule has 4 rings (SSSR count). The van der Waals surface area contributed by atoms with Crippen LogP contribution in [-0.4, -0.2) is 60.6 Å². The van der Waals surface area contributed by atoms with E-state index in [1.807, 2.05) is 32.9 Å². The van der Waals surface area contributed by atoms with E-state index >= 15 is 0 Å². The molecule has 0 aliphatic carbocycles. The molecule has 2 heterocycles. The van der Waals surface area contributed by atoms with Gasteiger partial charge in [-0.15, -0.1) is 0 Å². The summed E-state index contributed by atoms with van der Waals surface area (Å²) in [6.45, 7) is 6.48. The number of nitrogens with zero attached hydrogens (tertiary/aromatic N) is 2. The van der Waals surface area contributed by atoms with Crippen molar-refractivity contribution in [1.29, 1.82) is 0 Å². The van der Waals surface area contributed by atoms with Crippen LogP contribution in [0.5, 0.6) is 11.5 Å². The Kier molecular flexibility index (Phi) is 6.56. The number of carbonyl (C=O) groups excluding carboxylic acids is 3. The summed E-state index contributed by atoms with van der Waals surface area (Å²) in [6, 6.07) is 10.7. The van der Waals surface area contributed by atoms with Crippen LogP contribution in [0.15, 0.2) is 42.5 Å². The van der Waals surface area contributed by atoms with Gasteiger partial charge in [0.15, 0.2) is 11.5 Å². The predicted molar refractivity (Wildman–Crippen MR) is 131 cm³/mol. The summed E-state index contributed by atoms with van der Waals surface area (Å²) in [6.07, 6.45) is 2.13. The quantitative estimate of drug-likeness (QED) is 0.588. The van der Waals surface area contributed by atoms with Gasteiger partial charge in [0.1, 0.15) is 5.60 Å². The maximum Gasteiger partial charge on any atom is 0.410 e. The van der Waals surface area contributed by atoms with Gasteiger partial charge in [0.25, 0.3) is 11.8 Å². The Balaban J connectivity index is 1.56. The Labute approximate surface area is 205 Å². The Hall–Kier alpha value is -3.81. The molecule has 8 nitrogen and oxygen atoms in total. The lowest BCUT2D eigenvalue weighted by molar-refractivity contribution is 0.0270. The molecule has 2 aliphatic heterocycles. The highest BCUT2D eigenvalue weighted by Crippen LogP contribution is 2.35. The van der Waals surface area contributed by atoms with Crippen molar-refractivity contribution in [3.05, 3.63) is 64.7 Å². The molecule has 184 valence electrons. The molecular weight excluding hydrogens is 448 g/mol. The number of rotatable bonds is 5. The second-order valence-electron chi connectivity index (χ2n) is 9.52. The highest BCUT2D eigenvalue weighted by Gasteiger charge is 2.38. The number of amides is 3. The van der Waals surface area contributed by atoms with E-state index in [4.69, 9.17) is 14.2 Å². The monoisotopic (exact) mass is 478 g/mol. The number of carbonyl (C=O) groups is 3. The SMILES string of the molecule is COc1ccc(CN2C(=O)c3cccc(C4=CCN(C(=O)OC(C)(C)C)CC4)c3C2=O)cc1OC. The van der Waals surface area contributed by atoms with Gasteiger partial charge in [-0.25, -0.2) is 4.79 Å². The van der Waals surface area contributed by atoms with Gasteiger partial charge >= 0.3 is 6.09 Å². The first-order chi connectivity index (χ1) is 16.6. The fraction of sp³-hybridized carbons (Fsp3) is 0.370. The van der Waals surface area contributed by atoms with E-state index in [1.54, 1.807) is 42.3 Å². The lowest BCUT2D eigenvalue weighted by Crippen LogP contribution is -2.39. The van der Waals surface area contributed by atoms with Crippen LogP contribution >= 0.6 is 0 Å². The van der Waals surface area contributed by atoms with Gasteiger partial charge in [-0.3, -0.25) is 14.5 Å². The van der Waals surface area contributed by atoms with Crippen molar-refractivity contribution in [3.63, 3.8) is 0 Å². The second kappa shape index (κ2) is 9.44. The zero-order valence-corrected chi connectivity index (χ0v) is 20.7. The number of methoxy groups -OCH3 is 2. The maximum absolute atomic E-state index is 13.4. The van der Waals surface area contributed by atoms with E-state index in [2.05, 4.69) is 0 Å². The summed E-state index contributed by atoms with van der Waals surface area (Å²) in [5.41, 5.74) is 2.67. The second-order valence-corrected chi connectivity index (χ2v) is 9.52. The maximum atomic E-state index is 13.4. The molecule has 0 atom stereocenters. The largest absolute Gasteiger partial charge is 0.493 e. The standard InChI is InChI=1S/C27H30N2O6/c1-27(2,3)35-26(32)28-13-11-18(12-14-28)19-7-6-8-20-23(19)25(31)29(24(20)30)16-17-9-10-21(33-4)22(15-17)34-5/h6-11,15H,12-14,16H2,1-5H3. The molecule has 3 amide bonds. The van der Waals surface area contributed by atoms with Crippen molar-refractivity contribution in [3.8, 4) is 11.5 Å². The summed E-state index contributed by atoms with van der Waals surface area (Å²) in [5.74, 6) is 0.453. The lowest BCUT2D eigenvalue weighted by atomic mass is 9.93. The zero-order chi connectivity index (χ0) is 25.3. The van der Waals surface area contributed by atoms with Gasteiger partial charge in [-0.2, -0.15) is 0 Å². The fourth-order valence-electron chi connectivity index (χ4n) is 4.31. The van der Waals surface area contributed by atoms with Gasteiger partial charge in [0.2, 0.25) is 0 Å². The van der Waals surface area contributed by atoms with Crippen molar-refractivity contribution in [1.82, 2.24) is 9.80 Å². The van der Waals surface area contributed by atoms with Crippen LogP contribution in [0.1, 0.15) is 59.0 Å². The van der Waals surface area contributed by atoms with Crippen LogP contribution in [0.4, 0.5) is 4.79 Å². The van der Waals surface area contributed by atoms with E-state index in [-0.39, 0.29) is 24.5 Å². The van der Waals surface area contributed by atoms with Gasteiger partial charge in [0.05, 0.1) is 31.9 Å². The molecule has 0 spiro atoms. The lowest BCUT2D eigenvalue weighted by Gasteiger charge is -2.30. The van der Waals surface area contributed by atoms with Crippen LogP contribution in [0, 0.1) is 0 Å². The van der Waals surface area contributed by atoms with Gasteiger partial charge in [-0.05, 0) is 62.1 Å². The van der Waals surface area contributed by atoms with Crippen LogP contribution in [0.25, 0.3) is 5.57 Å². The topological polar surface area (TPSA) is 85.4 Å². The third-order valence-electron chi connectivity index (χ3n) is 5.99.